The van der Waals surface area contributed by atoms with Crippen molar-refractivity contribution in [1.82, 2.24) is 9.55 Å². The van der Waals surface area contributed by atoms with E-state index in [0.29, 0.717) is 0 Å². The second-order valence-electron chi connectivity index (χ2n) is 5.95. The molecule has 3 rings (SSSR count). The van der Waals surface area contributed by atoms with Crippen LogP contribution >= 0.6 is 0 Å². The van der Waals surface area contributed by atoms with E-state index in [4.69, 9.17) is 18.9 Å². The van der Waals surface area contributed by atoms with Crippen LogP contribution < -0.4 is 11.2 Å². The van der Waals surface area contributed by atoms with Crippen molar-refractivity contribution in [2.45, 2.75) is 51.1 Å². The third-order valence-electron chi connectivity index (χ3n) is 3.70. The third kappa shape index (κ3) is 3.07. The maximum Gasteiger partial charge on any atom is 0.330 e. The summed E-state index contributed by atoms with van der Waals surface area (Å²) in [5.41, 5.74) is -1.11. The van der Waals surface area contributed by atoms with Gasteiger partial charge in [0.2, 0.25) is 0 Å². The van der Waals surface area contributed by atoms with Gasteiger partial charge in [0.15, 0.2) is 12.0 Å². The molecule has 0 unspecified atom stereocenters. The van der Waals surface area contributed by atoms with Crippen LogP contribution in [0.15, 0.2) is 21.9 Å². The second kappa shape index (κ2) is 5.59. The Bertz CT molecular complexity index is 722. The lowest BCUT2D eigenvalue weighted by Gasteiger charge is -2.24. The first-order chi connectivity index (χ1) is 10.8. The van der Waals surface area contributed by atoms with Crippen molar-refractivity contribution in [2.75, 3.05) is 6.61 Å². The maximum atomic E-state index is 12.0. The Labute approximate surface area is 131 Å². The second-order valence-corrected chi connectivity index (χ2v) is 5.95. The third-order valence-corrected chi connectivity index (χ3v) is 3.70. The van der Waals surface area contributed by atoms with Crippen LogP contribution in [0.1, 0.15) is 27.0 Å². The van der Waals surface area contributed by atoms with Crippen molar-refractivity contribution in [2.24, 2.45) is 0 Å². The van der Waals surface area contributed by atoms with Crippen LogP contribution in [0.4, 0.5) is 0 Å². The Morgan fingerprint density at radius 2 is 2.04 bits per heavy atom. The number of carbonyl (C=O) groups is 1. The van der Waals surface area contributed by atoms with Crippen LogP contribution in [0.25, 0.3) is 0 Å². The fourth-order valence-corrected chi connectivity index (χ4v) is 2.84. The molecule has 0 aliphatic carbocycles. The van der Waals surface area contributed by atoms with E-state index in [1.807, 2.05) is 0 Å². The molecule has 1 N–H and O–H groups in total. The summed E-state index contributed by atoms with van der Waals surface area (Å²) in [5, 5.41) is 0. The van der Waals surface area contributed by atoms with E-state index < -0.39 is 47.5 Å². The lowest BCUT2D eigenvalue weighted by molar-refractivity contribution is -0.202. The Hall–Kier alpha value is -1.97. The van der Waals surface area contributed by atoms with E-state index in [1.54, 1.807) is 13.8 Å². The van der Waals surface area contributed by atoms with Crippen molar-refractivity contribution in [3.05, 3.63) is 33.1 Å². The van der Waals surface area contributed by atoms with Gasteiger partial charge in [-0.3, -0.25) is 19.1 Å². The van der Waals surface area contributed by atoms with Gasteiger partial charge in [-0.1, -0.05) is 0 Å². The SMILES string of the molecule is CC(=O)OC[C@@H]1O[C@@H](n2ccc(=O)[nH]c2=O)[C@@H]2OC(C)(C)O[C@@H]21. The summed E-state index contributed by atoms with van der Waals surface area (Å²) < 4.78 is 23.6. The Kier molecular flexibility index (Phi) is 3.86. The molecule has 1 aromatic heterocycles. The number of fused-ring (bicyclic) bond motifs is 1. The Balaban J connectivity index is 1.90. The lowest BCUT2D eigenvalue weighted by atomic mass is 10.1. The summed E-state index contributed by atoms with van der Waals surface area (Å²) in [4.78, 5) is 36.4. The topological polar surface area (TPSA) is 109 Å². The highest BCUT2D eigenvalue weighted by Gasteiger charge is 2.56. The first kappa shape index (κ1) is 15.9. The van der Waals surface area contributed by atoms with E-state index in [9.17, 15) is 14.4 Å². The number of H-pyrrole nitrogens is 1. The first-order valence-electron chi connectivity index (χ1n) is 7.23. The number of nitrogens with one attached hydrogen (secondary N) is 1. The van der Waals surface area contributed by atoms with Crippen molar-refractivity contribution in [3.63, 3.8) is 0 Å². The molecular formula is C14H18N2O7. The van der Waals surface area contributed by atoms with Crippen LogP contribution in [-0.4, -0.2) is 46.2 Å². The monoisotopic (exact) mass is 326 g/mol. The van der Waals surface area contributed by atoms with Gasteiger partial charge in [-0.25, -0.2) is 4.79 Å². The molecule has 126 valence electrons. The van der Waals surface area contributed by atoms with E-state index in [-0.39, 0.29) is 6.61 Å². The normalized spacial score (nSPS) is 31.8. The minimum Gasteiger partial charge on any atom is -0.463 e. The van der Waals surface area contributed by atoms with Crippen molar-refractivity contribution < 1.29 is 23.7 Å². The fraction of sp³-hybridized carbons (Fsp3) is 0.643. The molecule has 0 radical (unpaired) electrons. The quantitative estimate of drug-likeness (QED) is 0.747. The molecule has 2 aliphatic rings. The molecule has 1 aromatic rings. The number of carbonyl (C=O) groups excluding carboxylic acids is 1. The molecule has 23 heavy (non-hydrogen) atoms. The number of nitrogens with zero attached hydrogens (tertiary/aromatic N) is 1. The molecule has 0 bridgehead atoms. The van der Waals surface area contributed by atoms with Gasteiger partial charge in [-0.15, -0.1) is 0 Å². The fourth-order valence-electron chi connectivity index (χ4n) is 2.84. The summed E-state index contributed by atoms with van der Waals surface area (Å²) in [6, 6.07) is 1.22. The predicted molar refractivity (Wildman–Crippen MR) is 75.7 cm³/mol. The van der Waals surface area contributed by atoms with Crippen LogP contribution in [0.3, 0.4) is 0 Å². The summed E-state index contributed by atoms with van der Waals surface area (Å²) in [6.45, 7) is 4.79. The van der Waals surface area contributed by atoms with Crippen molar-refractivity contribution >= 4 is 5.97 Å². The van der Waals surface area contributed by atoms with Gasteiger partial charge in [0.05, 0.1) is 0 Å². The number of hydrogen-bond acceptors (Lipinski definition) is 7. The molecule has 4 atom stereocenters. The largest absolute Gasteiger partial charge is 0.463 e. The van der Waals surface area contributed by atoms with Crippen molar-refractivity contribution in [3.8, 4) is 0 Å². The minimum atomic E-state index is -0.850. The summed E-state index contributed by atoms with van der Waals surface area (Å²) in [6.07, 6.45) is -1.07. The molecule has 0 saturated carbocycles. The zero-order valence-electron chi connectivity index (χ0n) is 13.0. The standard InChI is InChI=1S/C14H18N2O7/c1-7(17)20-6-8-10-11(23-14(2,3)22-10)12(21-8)16-5-4-9(18)15-13(16)19/h4-5,8,10-12H,6H2,1-3H3,(H,15,18,19)/t8-,10+,11+,12+/m0/s1. The highest BCUT2D eigenvalue weighted by atomic mass is 16.8. The Morgan fingerprint density at radius 3 is 2.70 bits per heavy atom. The number of rotatable bonds is 3. The van der Waals surface area contributed by atoms with Crippen LogP contribution in [-0.2, 0) is 23.7 Å². The van der Waals surface area contributed by atoms with Gasteiger partial charge in [0.25, 0.3) is 5.56 Å². The zero-order chi connectivity index (χ0) is 16.8. The molecule has 9 heteroatoms. The number of aromatic amines is 1. The molecular weight excluding hydrogens is 308 g/mol. The minimum absolute atomic E-state index is 0.00938. The summed E-state index contributed by atoms with van der Waals surface area (Å²) in [5.74, 6) is -1.29. The van der Waals surface area contributed by atoms with E-state index in [0.717, 1.165) is 0 Å². The molecule has 0 spiro atoms. The predicted octanol–water partition coefficient (Wildman–Crippen LogP) is -0.483. The van der Waals surface area contributed by atoms with Crippen LogP contribution in [0, 0.1) is 0 Å². The number of esters is 1. The molecule has 2 aliphatic heterocycles. The highest BCUT2D eigenvalue weighted by molar-refractivity contribution is 5.65. The first-order valence-corrected chi connectivity index (χ1v) is 7.23. The highest BCUT2D eigenvalue weighted by Crippen LogP contribution is 2.42. The summed E-state index contributed by atoms with van der Waals surface area (Å²) >= 11 is 0. The van der Waals surface area contributed by atoms with Crippen LogP contribution in [0.2, 0.25) is 0 Å². The van der Waals surface area contributed by atoms with Gasteiger partial charge < -0.3 is 18.9 Å². The van der Waals surface area contributed by atoms with Gasteiger partial charge in [-0.05, 0) is 13.8 Å². The number of hydrogen-bond donors (Lipinski definition) is 1. The molecule has 0 amide bonds. The average molecular weight is 326 g/mol. The van der Waals surface area contributed by atoms with Crippen molar-refractivity contribution in [1.29, 1.82) is 0 Å². The van der Waals surface area contributed by atoms with Gasteiger partial charge in [-0.2, -0.15) is 0 Å². The van der Waals surface area contributed by atoms with Gasteiger partial charge in [0, 0.05) is 19.2 Å². The molecule has 2 saturated heterocycles. The van der Waals surface area contributed by atoms with E-state index >= 15 is 0 Å². The van der Waals surface area contributed by atoms with E-state index in [2.05, 4.69) is 4.98 Å². The molecule has 3 heterocycles. The average Bonchev–Trinajstić information content (AvgIpc) is 2.90. The molecule has 9 nitrogen and oxygen atoms in total. The zero-order valence-corrected chi connectivity index (χ0v) is 13.0. The van der Waals surface area contributed by atoms with Gasteiger partial charge >= 0.3 is 11.7 Å². The Morgan fingerprint density at radius 1 is 1.35 bits per heavy atom. The van der Waals surface area contributed by atoms with E-state index in [1.165, 1.54) is 23.8 Å². The van der Waals surface area contributed by atoms with Gasteiger partial charge in [0.1, 0.15) is 24.9 Å². The smallest absolute Gasteiger partial charge is 0.330 e. The lowest BCUT2D eigenvalue weighted by Crippen LogP contribution is -2.37. The molecule has 2 fully saturated rings. The summed E-state index contributed by atoms with van der Waals surface area (Å²) in [7, 11) is 0. The molecule has 0 aromatic carbocycles. The number of aromatic nitrogens is 2. The number of ether oxygens (including phenoxy) is 4. The van der Waals surface area contributed by atoms with Crippen LogP contribution in [0.5, 0.6) is 0 Å². The maximum absolute atomic E-state index is 12.0.